The second-order valence-corrected chi connectivity index (χ2v) is 15.1. The Morgan fingerprint density at radius 2 is 1.95 bits per heavy atom. The lowest BCUT2D eigenvalue weighted by Crippen LogP contribution is -2.20. The van der Waals surface area contributed by atoms with E-state index >= 15 is 8.78 Å². The SMILES string of the molecule is CCC/C=C(/C(=O)NC)c1cnc(-c2c(F)ccc(NS(S)(S)c3cc(F)cc4c3CCC4O)c2F)c(F)c1N. The Balaban J connectivity index is 1.77. The summed E-state index contributed by atoms with van der Waals surface area (Å²) < 4.78 is 63.5. The van der Waals surface area contributed by atoms with Crippen molar-refractivity contribution in [1.29, 1.82) is 0 Å². The molecule has 1 aliphatic carbocycles. The Hall–Kier alpha value is -2.87. The average molecular weight is 613 g/mol. The lowest BCUT2D eigenvalue weighted by atomic mass is 10.0. The Morgan fingerprint density at radius 3 is 2.62 bits per heavy atom. The van der Waals surface area contributed by atoms with Crippen LogP contribution in [0.2, 0.25) is 0 Å². The Bertz CT molecular complexity index is 1520. The number of nitrogens with two attached hydrogens (primary N) is 1. The number of aliphatic hydroxyl groups excluding tert-OH is 1. The number of nitrogens with one attached hydrogen (secondary N) is 2. The summed E-state index contributed by atoms with van der Waals surface area (Å²) in [6.07, 6.45) is 3.87. The lowest BCUT2D eigenvalue weighted by molar-refractivity contribution is -0.115. The number of nitrogen functional groups attached to an aromatic ring is 1. The molecule has 40 heavy (non-hydrogen) atoms. The molecule has 1 aliphatic rings. The molecular weight excluding hydrogens is 585 g/mol. The smallest absolute Gasteiger partial charge is 0.251 e. The summed E-state index contributed by atoms with van der Waals surface area (Å²) in [5, 5.41) is 12.7. The highest BCUT2D eigenvalue weighted by Crippen LogP contribution is 2.66. The molecule has 214 valence electrons. The van der Waals surface area contributed by atoms with Crippen LogP contribution in [-0.4, -0.2) is 23.0 Å². The zero-order valence-corrected chi connectivity index (χ0v) is 24.2. The van der Waals surface area contributed by atoms with Crippen molar-refractivity contribution >= 4 is 54.5 Å². The van der Waals surface area contributed by atoms with Crippen molar-refractivity contribution in [3.8, 4) is 11.3 Å². The fourth-order valence-corrected chi connectivity index (χ4v) is 7.56. The van der Waals surface area contributed by atoms with E-state index in [1.54, 1.807) is 6.08 Å². The number of halogens is 4. The van der Waals surface area contributed by atoms with E-state index in [1.807, 2.05) is 6.92 Å². The van der Waals surface area contributed by atoms with E-state index in [-0.39, 0.29) is 16.8 Å². The molecule has 1 atom stereocenters. The molecule has 4 rings (SSSR count). The molecule has 6 nitrogen and oxygen atoms in total. The van der Waals surface area contributed by atoms with Crippen molar-refractivity contribution in [2.45, 2.75) is 43.6 Å². The number of rotatable bonds is 8. The summed E-state index contributed by atoms with van der Waals surface area (Å²) in [4.78, 5) is 16.7. The Labute approximate surface area is 240 Å². The molecule has 1 unspecified atom stereocenters. The highest BCUT2D eigenvalue weighted by atomic mass is 33.5. The number of allylic oxidation sites excluding steroid dienone is 1. The van der Waals surface area contributed by atoms with Gasteiger partial charge in [0, 0.05) is 29.3 Å². The van der Waals surface area contributed by atoms with Crippen LogP contribution < -0.4 is 15.8 Å². The number of anilines is 2. The maximum atomic E-state index is 15.8. The number of benzene rings is 2. The summed E-state index contributed by atoms with van der Waals surface area (Å²) in [5.74, 6) is -4.65. The van der Waals surface area contributed by atoms with Gasteiger partial charge in [-0.1, -0.05) is 42.7 Å². The monoisotopic (exact) mass is 612 g/mol. The number of hydrogen-bond donors (Lipinski definition) is 6. The number of carbonyl (C=O) groups excluding carboxylic acids is 1. The van der Waals surface area contributed by atoms with Gasteiger partial charge in [-0.25, -0.2) is 17.6 Å². The number of amides is 1. The molecule has 13 heteroatoms. The fourth-order valence-electron chi connectivity index (χ4n) is 4.58. The van der Waals surface area contributed by atoms with E-state index in [2.05, 4.69) is 38.3 Å². The molecule has 0 saturated heterocycles. The van der Waals surface area contributed by atoms with Gasteiger partial charge >= 0.3 is 0 Å². The number of aliphatic hydroxyl groups is 1. The summed E-state index contributed by atoms with van der Waals surface area (Å²) >= 11 is 9.12. The number of hydrogen-bond acceptors (Lipinski definition) is 7. The fraction of sp³-hybridized carbons (Fsp3) is 0.259. The van der Waals surface area contributed by atoms with Gasteiger partial charge in [0.15, 0.2) is 11.6 Å². The van der Waals surface area contributed by atoms with E-state index < -0.39 is 60.5 Å². The number of carbonyl (C=O) groups is 1. The molecule has 0 radical (unpaired) electrons. The van der Waals surface area contributed by atoms with Crippen LogP contribution >= 0.6 is 31.6 Å². The number of pyridine rings is 1. The zero-order chi connectivity index (χ0) is 29.4. The second kappa shape index (κ2) is 11.9. The first-order chi connectivity index (χ1) is 18.9. The van der Waals surface area contributed by atoms with E-state index in [9.17, 15) is 18.7 Å². The summed E-state index contributed by atoms with van der Waals surface area (Å²) in [7, 11) is -1.33. The molecule has 1 amide bonds. The summed E-state index contributed by atoms with van der Waals surface area (Å²) in [6.45, 7) is 1.90. The number of nitrogens with zero attached hydrogens (tertiary/aromatic N) is 1. The third-order valence-corrected chi connectivity index (χ3v) is 9.79. The van der Waals surface area contributed by atoms with Gasteiger partial charge in [0.05, 0.1) is 23.0 Å². The minimum atomic E-state index is -2.74. The van der Waals surface area contributed by atoms with Gasteiger partial charge in [0.2, 0.25) is 0 Å². The van der Waals surface area contributed by atoms with Crippen molar-refractivity contribution in [2.24, 2.45) is 0 Å². The molecule has 0 bridgehead atoms. The van der Waals surface area contributed by atoms with Gasteiger partial charge in [-0.3, -0.25) is 9.78 Å². The number of unbranched alkanes of at least 4 members (excludes halogenated alkanes) is 1. The maximum Gasteiger partial charge on any atom is 0.251 e. The van der Waals surface area contributed by atoms with Gasteiger partial charge in [0.1, 0.15) is 17.3 Å². The van der Waals surface area contributed by atoms with Crippen LogP contribution in [0.3, 0.4) is 0 Å². The molecular formula is C27H28F4N4O2S3. The standard InChI is InChI=1S/C27H28F4N4O2S3/c1-3-4-5-15(27(37)33-2)17-12-34-26(24(31)25(17)32)22-18(29)7-8-19(23(22)30)35-40(38,39)21-11-13(28)10-16-14(21)6-9-20(16)36/h5,7-8,10-12,20,35-36,38-39H,3-4,6,9H2,1-2H3,(H2,32,34)(H,33,37)/b15-5+. The highest BCUT2D eigenvalue weighted by molar-refractivity contribution is 9.18. The quantitative estimate of drug-likeness (QED) is 0.0738. The second-order valence-electron chi connectivity index (χ2n) is 9.19. The van der Waals surface area contributed by atoms with Crippen LogP contribution in [0.25, 0.3) is 16.8 Å². The molecule has 0 saturated carbocycles. The maximum absolute atomic E-state index is 15.8. The van der Waals surface area contributed by atoms with E-state index in [4.69, 9.17) is 5.73 Å². The van der Waals surface area contributed by atoms with Crippen molar-refractivity contribution in [3.63, 3.8) is 0 Å². The van der Waals surface area contributed by atoms with E-state index in [0.717, 1.165) is 18.3 Å². The molecule has 3 aromatic rings. The van der Waals surface area contributed by atoms with Crippen LogP contribution in [-0.2, 0) is 11.2 Å². The Kier molecular flexibility index (Phi) is 8.98. The lowest BCUT2D eigenvalue weighted by Gasteiger charge is -2.33. The normalized spacial score (nSPS) is 15.6. The van der Waals surface area contributed by atoms with Gasteiger partial charge < -0.3 is 20.9 Å². The molecule has 1 heterocycles. The molecule has 5 N–H and O–H groups in total. The van der Waals surface area contributed by atoms with Crippen LogP contribution in [0.5, 0.6) is 0 Å². The number of thiol groups is 2. The minimum absolute atomic E-state index is 0.0135. The number of likely N-dealkylation sites (N-methyl/N-ethyl adjacent to an activating group) is 1. The van der Waals surface area contributed by atoms with Gasteiger partial charge in [-0.15, -0.1) is 0 Å². The number of aromatic nitrogens is 1. The zero-order valence-electron chi connectivity index (χ0n) is 21.6. The highest BCUT2D eigenvalue weighted by Gasteiger charge is 2.32. The first-order valence-corrected chi connectivity index (χ1v) is 16.1. The van der Waals surface area contributed by atoms with Crippen molar-refractivity contribution in [1.82, 2.24) is 10.3 Å². The van der Waals surface area contributed by atoms with Crippen LogP contribution in [0.4, 0.5) is 28.9 Å². The Morgan fingerprint density at radius 1 is 1.23 bits per heavy atom. The van der Waals surface area contributed by atoms with E-state index in [1.165, 1.54) is 19.2 Å². The van der Waals surface area contributed by atoms with Crippen molar-refractivity contribution in [2.75, 3.05) is 17.5 Å². The van der Waals surface area contributed by atoms with Crippen molar-refractivity contribution in [3.05, 3.63) is 76.5 Å². The molecule has 1 aromatic heterocycles. The number of fused-ring (bicyclic) bond motifs is 1. The minimum Gasteiger partial charge on any atom is -0.396 e. The molecule has 0 spiro atoms. The van der Waals surface area contributed by atoms with Crippen LogP contribution in [0.1, 0.15) is 49.0 Å². The molecule has 0 fully saturated rings. The van der Waals surface area contributed by atoms with E-state index in [0.29, 0.717) is 41.7 Å². The first-order valence-electron chi connectivity index (χ1n) is 12.3. The van der Waals surface area contributed by atoms with Gasteiger partial charge in [-0.2, -0.15) is 0 Å². The summed E-state index contributed by atoms with van der Waals surface area (Å²) in [6, 6.07) is 4.45. The largest absolute Gasteiger partial charge is 0.396 e. The average Bonchev–Trinajstić information content (AvgIpc) is 3.28. The summed E-state index contributed by atoms with van der Waals surface area (Å²) in [5.41, 5.74) is 4.86. The predicted octanol–water partition coefficient (Wildman–Crippen LogP) is 6.68. The predicted molar refractivity (Wildman–Crippen MR) is 158 cm³/mol. The third-order valence-electron chi connectivity index (χ3n) is 6.58. The van der Waals surface area contributed by atoms with Crippen LogP contribution in [0, 0.1) is 23.3 Å². The molecule has 2 aromatic carbocycles. The first kappa shape index (κ1) is 30.1. The third kappa shape index (κ3) is 5.65. The van der Waals surface area contributed by atoms with Gasteiger partial charge in [-0.05, 0) is 62.9 Å². The molecule has 0 aliphatic heterocycles. The van der Waals surface area contributed by atoms with Gasteiger partial charge in [0.25, 0.3) is 5.91 Å². The topological polar surface area (TPSA) is 100 Å². The van der Waals surface area contributed by atoms with Crippen molar-refractivity contribution < 1.29 is 27.5 Å². The van der Waals surface area contributed by atoms with Crippen LogP contribution in [0.15, 0.2) is 41.4 Å².